The third kappa shape index (κ3) is 8.36. The van der Waals surface area contributed by atoms with Gasteiger partial charge in [-0.3, -0.25) is 4.79 Å². The zero-order valence-corrected chi connectivity index (χ0v) is 16.0. The van der Waals surface area contributed by atoms with E-state index in [-0.39, 0.29) is 51.4 Å². The first-order valence-electron chi connectivity index (χ1n) is 6.64. The number of rotatable bonds is 6. The van der Waals surface area contributed by atoms with Crippen molar-refractivity contribution in [3.8, 4) is 5.88 Å². The van der Waals surface area contributed by atoms with Gasteiger partial charge in [0.2, 0.25) is 5.91 Å². The number of carbonyl (C=O) groups excluding carboxylic acids is 1. The summed E-state index contributed by atoms with van der Waals surface area (Å²) in [7, 11) is 0. The van der Waals surface area contributed by atoms with Crippen molar-refractivity contribution in [2.45, 2.75) is 46.7 Å². The Morgan fingerprint density at radius 2 is 2.14 bits per heavy atom. The van der Waals surface area contributed by atoms with E-state index in [1.165, 1.54) is 24.4 Å². The summed E-state index contributed by atoms with van der Waals surface area (Å²) >= 11 is 0. The summed E-state index contributed by atoms with van der Waals surface area (Å²) in [6.07, 6.45) is 2.57. The molecule has 0 aromatic carbocycles. The van der Waals surface area contributed by atoms with Crippen molar-refractivity contribution < 1.29 is 40.2 Å². The van der Waals surface area contributed by atoms with Crippen LogP contribution in [0, 0.1) is 6.07 Å². The van der Waals surface area contributed by atoms with E-state index in [0.717, 1.165) is 0 Å². The minimum Gasteiger partial charge on any atom is -0.411 e. The fourth-order valence-corrected chi connectivity index (χ4v) is 1.47. The van der Waals surface area contributed by atoms with Gasteiger partial charge in [0.05, 0.1) is 12.6 Å². The first-order chi connectivity index (χ1) is 10.0. The van der Waals surface area contributed by atoms with E-state index in [1.54, 1.807) is 6.92 Å². The van der Waals surface area contributed by atoms with Crippen molar-refractivity contribution in [3.05, 3.63) is 17.8 Å². The maximum absolute atomic E-state index is 11.5. The molecule has 9 heteroatoms. The van der Waals surface area contributed by atoms with Crippen LogP contribution >= 0.6 is 0 Å². The molecule has 3 N–H and O–H groups in total. The fraction of sp³-hybridized carbons (Fsp3) is 0.615. The standard InChI is InChI=1S/C10H15N4O4.C3H8.Re/c1-7(6-17-11)14(8(2)15)5-9-3-4-12-13-10(9)18-16;1-3-2;/h4,7,16H,5-6,11H2,1-2H3;3H2,1-2H3;/q-1;;. The molecule has 0 saturated heterocycles. The maximum Gasteiger partial charge on any atom is 0.219 e. The summed E-state index contributed by atoms with van der Waals surface area (Å²) in [4.78, 5) is 21.6. The first kappa shape index (κ1) is 23.2. The fourth-order valence-electron chi connectivity index (χ4n) is 1.47. The van der Waals surface area contributed by atoms with Gasteiger partial charge in [0, 0.05) is 33.9 Å². The van der Waals surface area contributed by atoms with Crippen LogP contribution in [0.5, 0.6) is 5.88 Å². The Balaban J connectivity index is 0. The topological polar surface area (TPSA) is 111 Å². The average molecular weight is 486 g/mol. The van der Waals surface area contributed by atoms with Gasteiger partial charge in [-0.1, -0.05) is 20.3 Å². The number of nitrogens with two attached hydrogens (primary N) is 1. The molecular formula is C13H23N4O4Re-. The van der Waals surface area contributed by atoms with Crippen molar-refractivity contribution in [3.63, 3.8) is 0 Å². The van der Waals surface area contributed by atoms with Crippen LogP contribution in [-0.4, -0.2) is 38.9 Å². The largest absolute Gasteiger partial charge is 0.411 e. The summed E-state index contributed by atoms with van der Waals surface area (Å²) < 4.78 is 0. The minimum atomic E-state index is -0.236. The second-order valence-electron chi connectivity index (χ2n) is 4.40. The second-order valence-corrected chi connectivity index (χ2v) is 4.40. The van der Waals surface area contributed by atoms with Gasteiger partial charge in [-0.2, -0.15) is 5.10 Å². The Morgan fingerprint density at radius 3 is 2.59 bits per heavy atom. The van der Waals surface area contributed by atoms with Crippen molar-refractivity contribution in [1.82, 2.24) is 15.1 Å². The van der Waals surface area contributed by atoms with Gasteiger partial charge < -0.3 is 14.6 Å². The quantitative estimate of drug-likeness (QED) is 0.354. The first-order valence-corrected chi connectivity index (χ1v) is 6.64. The summed E-state index contributed by atoms with van der Waals surface area (Å²) in [5, 5.41) is 15.7. The number of hydrogen-bond acceptors (Lipinski definition) is 7. The second kappa shape index (κ2) is 13.5. The molecule has 22 heavy (non-hydrogen) atoms. The van der Waals surface area contributed by atoms with E-state index >= 15 is 0 Å². The molecule has 1 rings (SSSR count). The summed E-state index contributed by atoms with van der Waals surface area (Å²) in [5.41, 5.74) is 0.409. The monoisotopic (exact) mass is 486 g/mol. The molecular weight excluding hydrogens is 462 g/mol. The van der Waals surface area contributed by atoms with Crippen LogP contribution in [-0.2, 0) is 36.6 Å². The SMILES string of the molecule is CC(=O)N(Cc1[c-]cnnc1OO)C(C)CON.CCC.[Re]. The Bertz CT molecular complexity index is 423. The Labute approximate surface area is 144 Å². The molecule has 0 aliphatic carbocycles. The van der Waals surface area contributed by atoms with Gasteiger partial charge >= 0.3 is 0 Å². The number of nitrogens with zero attached hydrogens (tertiary/aromatic N) is 3. The molecule has 1 atom stereocenters. The van der Waals surface area contributed by atoms with Gasteiger partial charge in [-0.15, -0.1) is 5.56 Å². The van der Waals surface area contributed by atoms with E-state index in [1.807, 2.05) is 0 Å². The predicted molar refractivity (Wildman–Crippen MR) is 75.9 cm³/mol. The zero-order chi connectivity index (χ0) is 16.3. The molecule has 1 aromatic rings. The zero-order valence-electron chi connectivity index (χ0n) is 13.2. The third-order valence-corrected chi connectivity index (χ3v) is 2.39. The molecule has 0 fully saturated rings. The third-order valence-electron chi connectivity index (χ3n) is 2.39. The van der Waals surface area contributed by atoms with Gasteiger partial charge in [-0.05, 0) is 13.1 Å². The summed E-state index contributed by atoms with van der Waals surface area (Å²) in [6.45, 7) is 7.79. The summed E-state index contributed by atoms with van der Waals surface area (Å²) in [6, 6.07) is 2.51. The van der Waals surface area contributed by atoms with Crippen molar-refractivity contribution in [2.24, 2.45) is 5.90 Å². The van der Waals surface area contributed by atoms with Crippen molar-refractivity contribution >= 4 is 5.91 Å². The normalized spacial score (nSPS) is 10.6. The van der Waals surface area contributed by atoms with E-state index in [9.17, 15) is 4.79 Å². The Morgan fingerprint density at radius 1 is 1.55 bits per heavy atom. The molecule has 1 radical (unpaired) electrons. The van der Waals surface area contributed by atoms with Crippen LogP contribution in [0.1, 0.15) is 39.7 Å². The molecule has 0 bridgehead atoms. The van der Waals surface area contributed by atoms with Crippen LogP contribution in [0.15, 0.2) is 6.20 Å². The molecule has 0 aliphatic rings. The van der Waals surface area contributed by atoms with E-state index in [2.05, 4.69) is 39.8 Å². The molecule has 1 amide bonds. The number of hydrogen-bond donors (Lipinski definition) is 2. The molecule has 1 unspecified atom stereocenters. The average Bonchev–Trinajstić information content (AvgIpc) is 2.45. The van der Waals surface area contributed by atoms with Crippen LogP contribution in [0.2, 0.25) is 0 Å². The Kier molecular flexibility index (Phi) is 14.3. The Hall–Kier alpha value is -1.11. The van der Waals surface area contributed by atoms with E-state index in [0.29, 0.717) is 5.56 Å². The number of aromatic nitrogens is 2. The minimum absolute atomic E-state index is 0. The number of amides is 1. The summed E-state index contributed by atoms with van der Waals surface area (Å²) in [5.74, 6) is 4.72. The molecule has 8 nitrogen and oxygen atoms in total. The van der Waals surface area contributed by atoms with Crippen LogP contribution in [0.3, 0.4) is 0 Å². The smallest absolute Gasteiger partial charge is 0.219 e. The van der Waals surface area contributed by atoms with Crippen molar-refractivity contribution in [2.75, 3.05) is 6.61 Å². The van der Waals surface area contributed by atoms with Gasteiger partial charge in [-0.25, -0.2) is 22.3 Å². The van der Waals surface area contributed by atoms with Crippen LogP contribution in [0.25, 0.3) is 0 Å². The molecule has 0 saturated carbocycles. The van der Waals surface area contributed by atoms with Gasteiger partial charge in [0.25, 0.3) is 0 Å². The van der Waals surface area contributed by atoms with E-state index in [4.69, 9.17) is 11.2 Å². The molecule has 127 valence electrons. The number of carbonyl (C=O) groups is 1. The predicted octanol–water partition coefficient (Wildman–Crippen LogP) is 1.17. The van der Waals surface area contributed by atoms with E-state index < -0.39 is 0 Å². The molecule has 1 heterocycles. The maximum atomic E-state index is 11.5. The molecule has 0 spiro atoms. The van der Waals surface area contributed by atoms with Gasteiger partial charge in [0.1, 0.15) is 5.88 Å². The van der Waals surface area contributed by atoms with Crippen LogP contribution in [0.4, 0.5) is 0 Å². The molecule has 0 aliphatic heterocycles. The van der Waals surface area contributed by atoms with Crippen LogP contribution < -0.4 is 10.8 Å². The molecule has 1 aromatic heterocycles. The van der Waals surface area contributed by atoms with Crippen molar-refractivity contribution in [1.29, 1.82) is 0 Å². The van der Waals surface area contributed by atoms with Gasteiger partial charge in [0.15, 0.2) is 0 Å².